The molecule has 24 heavy (non-hydrogen) atoms. The van der Waals surface area contributed by atoms with Crippen LogP contribution in [0.1, 0.15) is 70.3 Å². The summed E-state index contributed by atoms with van der Waals surface area (Å²) in [5, 5.41) is 15.2. The molecule has 0 unspecified atom stereocenters. The molecule has 0 radical (unpaired) electrons. The van der Waals surface area contributed by atoms with Crippen molar-refractivity contribution >= 4 is 5.91 Å². The topological polar surface area (TPSA) is 77.7 Å². The molecule has 3 aliphatic rings. The van der Waals surface area contributed by atoms with E-state index >= 15 is 0 Å². The Bertz CT molecular complexity index is 785. The van der Waals surface area contributed by atoms with Crippen LogP contribution >= 0.6 is 0 Å². The van der Waals surface area contributed by atoms with E-state index in [1.807, 2.05) is 4.90 Å². The Morgan fingerprint density at radius 3 is 2.54 bits per heavy atom. The highest BCUT2D eigenvalue weighted by atomic mass is 16.2. The zero-order valence-electron chi connectivity index (χ0n) is 13.9. The van der Waals surface area contributed by atoms with Crippen LogP contribution in [0.2, 0.25) is 0 Å². The standard InChI is InChI=1S/C18H23N5O/c24-18(17-12-3-1-2-4-14(12)19-22-17)23-9-7-13-15(8-10-23)20-21-16(13)11-5-6-11/h11H,1-10H2,(H,19,22)(H,20,21). The van der Waals surface area contributed by atoms with Gasteiger partial charge in [-0.2, -0.15) is 10.2 Å². The maximum absolute atomic E-state index is 13.0. The number of carbonyl (C=O) groups is 1. The number of hydrogen-bond donors (Lipinski definition) is 2. The summed E-state index contributed by atoms with van der Waals surface area (Å²) in [5.41, 5.74) is 6.86. The van der Waals surface area contributed by atoms with E-state index in [0.29, 0.717) is 11.6 Å². The molecule has 0 bridgehead atoms. The second-order valence-corrected chi connectivity index (χ2v) is 7.37. The summed E-state index contributed by atoms with van der Waals surface area (Å²) in [6.07, 6.45) is 8.67. The number of fused-ring (bicyclic) bond motifs is 2. The summed E-state index contributed by atoms with van der Waals surface area (Å²) in [4.78, 5) is 15.0. The number of aryl methyl sites for hydroxylation is 1. The average Bonchev–Trinajstić information content (AvgIpc) is 3.30. The molecule has 6 nitrogen and oxygen atoms in total. The van der Waals surface area contributed by atoms with E-state index < -0.39 is 0 Å². The van der Waals surface area contributed by atoms with E-state index in [9.17, 15) is 4.79 Å². The molecular formula is C18H23N5O. The smallest absolute Gasteiger partial charge is 0.274 e. The molecule has 1 fully saturated rings. The first-order valence-electron chi connectivity index (χ1n) is 9.22. The monoisotopic (exact) mass is 325 g/mol. The number of carbonyl (C=O) groups excluding carboxylic acids is 1. The number of hydrogen-bond acceptors (Lipinski definition) is 3. The van der Waals surface area contributed by atoms with Gasteiger partial charge in [0, 0.05) is 42.4 Å². The Morgan fingerprint density at radius 2 is 1.67 bits per heavy atom. The van der Waals surface area contributed by atoms with Crippen LogP contribution in [0.25, 0.3) is 0 Å². The minimum absolute atomic E-state index is 0.0977. The lowest BCUT2D eigenvalue weighted by Crippen LogP contribution is -2.34. The number of rotatable bonds is 2. The van der Waals surface area contributed by atoms with Crippen molar-refractivity contribution < 1.29 is 4.79 Å². The highest BCUT2D eigenvalue weighted by Gasteiger charge is 2.32. The van der Waals surface area contributed by atoms with Crippen molar-refractivity contribution in [1.82, 2.24) is 25.3 Å². The summed E-state index contributed by atoms with van der Waals surface area (Å²) >= 11 is 0. The van der Waals surface area contributed by atoms with Crippen LogP contribution in [-0.4, -0.2) is 44.3 Å². The molecule has 6 heteroatoms. The molecule has 1 amide bonds. The molecule has 0 spiro atoms. The Hall–Kier alpha value is -2.11. The van der Waals surface area contributed by atoms with E-state index in [0.717, 1.165) is 50.8 Å². The van der Waals surface area contributed by atoms with Crippen molar-refractivity contribution in [3.05, 3.63) is 33.9 Å². The van der Waals surface area contributed by atoms with Gasteiger partial charge in [-0.1, -0.05) is 0 Å². The quantitative estimate of drug-likeness (QED) is 0.888. The fraction of sp³-hybridized carbons (Fsp3) is 0.611. The Morgan fingerprint density at radius 1 is 0.917 bits per heavy atom. The first-order valence-corrected chi connectivity index (χ1v) is 9.22. The third-order valence-corrected chi connectivity index (χ3v) is 5.76. The van der Waals surface area contributed by atoms with Gasteiger partial charge in [-0.3, -0.25) is 15.0 Å². The molecule has 2 aliphatic carbocycles. The van der Waals surface area contributed by atoms with Crippen molar-refractivity contribution in [2.45, 2.75) is 57.3 Å². The average molecular weight is 325 g/mol. The third-order valence-electron chi connectivity index (χ3n) is 5.76. The fourth-order valence-corrected chi connectivity index (χ4v) is 4.21. The van der Waals surface area contributed by atoms with Gasteiger partial charge in [-0.05, 0) is 50.5 Å². The van der Waals surface area contributed by atoms with Gasteiger partial charge in [0.05, 0.1) is 5.69 Å². The predicted octanol–water partition coefficient (Wildman–Crippen LogP) is 2.13. The molecular weight excluding hydrogens is 302 g/mol. The lowest BCUT2D eigenvalue weighted by molar-refractivity contribution is 0.0755. The number of aromatic amines is 2. The van der Waals surface area contributed by atoms with Crippen LogP contribution in [0, 0.1) is 0 Å². The SMILES string of the molecule is O=C(c1n[nH]c2c1CCCC2)N1CCc2[nH]nc(C3CC3)c2CC1. The minimum Gasteiger partial charge on any atom is -0.337 e. The van der Waals surface area contributed by atoms with Crippen LogP contribution in [0.15, 0.2) is 0 Å². The number of amides is 1. The molecule has 0 aromatic carbocycles. The van der Waals surface area contributed by atoms with Crippen molar-refractivity contribution in [2.75, 3.05) is 13.1 Å². The summed E-state index contributed by atoms with van der Waals surface area (Å²) in [7, 11) is 0. The van der Waals surface area contributed by atoms with Gasteiger partial charge >= 0.3 is 0 Å². The molecule has 2 aromatic rings. The van der Waals surface area contributed by atoms with Gasteiger partial charge in [0.2, 0.25) is 0 Å². The molecule has 126 valence electrons. The molecule has 1 saturated carbocycles. The van der Waals surface area contributed by atoms with Crippen LogP contribution in [0.3, 0.4) is 0 Å². The Labute approximate surface area is 141 Å². The first-order chi connectivity index (χ1) is 11.8. The van der Waals surface area contributed by atoms with E-state index in [1.165, 1.54) is 41.9 Å². The second kappa shape index (κ2) is 5.46. The first kappa shape index (κ1) is 14.3. The number of nitrogens with zero attached hydrogens (tertiary/aromatic N) is 3. The number of H-pyrrole nitrogens is 2. The van der Waals surface area contributed by atoms with Crippen molar-refractivity contribution in [1.29, 1.82) is 0 Å². The second-order valence-electron chi connectivity index (χ2n) is 7.37. The molecule has 1 aliphatic heterocycles. The van der Waals surface area contributed by atoms with Crippen molar-refractivity contribution in [3.8, 4) is 0 Å². The highest BCUT2D eigenvalue weighted by molar-refractivity contribution is 5.94. The lowest BCUT2D eigenvalue weighted by Gasteiger charge is -2.20. The lowest BCUT2D eigenvalue weighted by atomic mass is 9.95. The zero-order chi connectivity index (χ0) is 16.1. The van der Waals surface area contributed by atoms with Crippen molar-refractivity contribution in [3.63, 3.8) is 0 Å². The summed E-state index contributed by atoms with van der Waals surface area (Å²) in [6.45, 7) is 1.52. The highest BCUT2D eigenvalue weighted by Crippen LogP contribution is 2.41. The van der Waals surface area contributed by atoms with Gasteiger partial charge in [-0.15, -0.1) is 0 Å². The van der Waals surface area contributed by atoms with Crippen LogP contribution in [0.5, 0.6) is 0 Å². The molecule has 0 saturated heterocycles. The van der Waals surface area contributed by atoms with Crippen LogP contribution in [-0.2, 0) is 25.7 Å². The predicted molar refractivity (Wildman–Crippen MR) is 89.1 cm³/mol. The molecule has 2 N–H and O–H groups in total. The fourth-order valence-electron chi connectivity index (χ4n) is 4.21. The number of aromatic nitrogens is 4. The van der Waals surface area contributed by atoms with Gasteiger partial charge in [0.1, 0.15) is 0 Å². The molecule has 5 rings (SSSR count). The molecule has 0 atom stereocenters. The van der Waals surface area contributed by atoms with E-state index in [-0.39, 0.29) is 5.91 Å². The largest absolute Gasteiger partial charge is 0.337 e. The third kappa shape index (κ3) is 2.27. The van der Waals surface area contributed by atoms with Crippen LogP contribution < -0.4 is 0 Å². The summed E-state index contributed by atoms with van der Waals surface area (Å²) < 4.78 is 0. The maximum Gasteiger partial charge on any atom is 0.274 e. The van der Waals surface area contributed by atoms with Gasteiger partial charge in [0.25, 0.3) is 5.91 Å². The van der Waals surface area contributed by atoms with Crippen LogP contribution in [0.4, 0.5) is 0 Å². The number of nitrogens with one attached hydrogen (secondary N) is 2. The normalized spacial score (nSPS) is 20.4. The Balaban J connectivity index is 1.37. The minimum atomic E-state index is 0.0977. The van der Waals surface area contributed by atoms with E-state index in [2.05, 4.69) is 20.4 Å². The summed E-state index contributed by atoms with van der Waals surface area (Å²) in [6, 6.07) is 0. The Kier molecular flexibility index (Phi) is 3.24. The van der Waals surface area contributed by atoms with E-state index in [1.54, 1.807) is 0 Å². The molecule has 3 heterocycles. The maximum atomic E-state index is 13.0. The van der Waals surface area contributed by atoms with Gasteiger partial charge in [0.15, 0.2) is 5.69 Å². The zero-order valence-corrected chi connectivity index (χ0v) is 13.9. The van der Waals surface area contributed by atoms with Gasteiger partial charge < -0.3 is 4.90 Å². The summed E-state index contributed by atoms with van der Waals surface area (Å²) in [5.74, 6) is 0.756. The van der Waals surface area contributed by atoms with E-state index in [4.69, 9.17) is 0 Å². The van der Waals surface area contributed by atoms with Gasteiger partial charge in [-0.25, -0.2) is 0 Å². The van der Waals surface area contributed by atoms with Crippen molar-refractivity contribution in [2.24, 2.45) is 0 Å². The molecule has 2 aromatic heterocycles.